The zero-order chi connectivity index (χ0) is 11.0. The average Bonchev–Trinajstić information content (AvgIpc) is 2.26. The first-order chi connectivity index (χ1) is 7.86. The standard InChI is InChI=1S/C13H15NO2/c15-12(10-7-14-8-10)11-5-1-3-9-4-2-6-16-13(9)11/h1,3,5,10,14H,2,4,6-8H2. The van der Waals surface area contributed by atoms with Gasteiger partial charge in [-0.15, -0.1) is 0 Å². The molecule has 0 atom stereocenters. The number of rotatable bonds is 2. The van der Waals surface area contributed by atoms with Crippen molar-refractivity contribution >= 4 is 5.78 Å². The Hall–Kier alpha value is -1.35. The van der Waals surface area contributed by atoms with E-state index in [1.54, 1.807) is 0 Å². The van der Waals surface area contributed by atoms with Crippen molar-refractivity contribution in [3.63, 3.8) is 0 Å². The molecule has 0 saturated carbocycles. The van der Waals surface area contributed by atoms with Crippen LogP contribution in [0.2, 0.25) is 0 Å². The molecule has 0 aliphatic carbocycles. The highest BCUT2D eigenvalue weighted by atomic mass is 16.5. The normalized spacial score (nSPS) is 19.5. The van der Waals surface area contributed by atoms with Gasteiger partial charge in [0, 0.05) is 19.0 Å². The minimum atomic E-state index is 0.150. The highest BCUT2D eigenvalue weighted by Crippen LogP contribution is 2.31. The van der Waals surface area contributed by atoms with Gasteiger partial charge in [-0.2, -0.15) is 0 Å². The summed E-state index contributed by atoms with van der Waals surface area (Å²) in [6, 6.07) is 5.92. The number of benzene rings is 1. The molecule has 1 saturated heterocycles. The van der Waals surface area contributed by atoms with Crippen LogP contribution in [-0.2, 0) is 6.42 Å². The number of aryl methyl sites for hydroxylation is 1. The molecule has 84 valence electrons. The maximum Gasteiger partial charge on any atom is 0.172 e. The van der Waals surface area contributed by atoms with Gasteiger partial charge in [0.2, 0.25) is 0 Å². The molecule has 0 amide bonds. The van der Waals surface area contributed by atoms with Gasteiger partial charge in [-0.05, 0) is 24.5 Å². The fourth-order valence-electron chi connectivity index (χ4n) is 2.28. The Balaban J connectivity index is 1.96. The number of Topliss-reactive ketones (excluding diaryl/α,β-unsaturated/α-hetero) is 1. The Morgan fingerprint density at radius 1 is 1.38 bits per heavy atom. The lowest BCUT2D eigenvalue weighted by atomic mass is 9.90. The molecule has 3 heteroatoms. The second-order valence-electron chi connectivity index (χ2n) is 4.47. The summed E-state index contributed by atoms with van der Waals surface area (Å²) in [6.07, 6.45) is 2.08. The Bertz CT molecular complexity index is 424. The summed E-state index contributed by atoms with van der Waals surface area (Å²) in [6.45, 7) is 2.35. The molecule has 1 aromatic rings. The summed E-state index contributed by atoms with van der Waals surface area (Å²) in [4.78, 5) is 12.2. The van der Waals surface area contributed by atoms with Crippen molar-refractivity contribution in [2.45, 2.75) is 12.8 Å². The highest BCUT2D eigenvalue weighted by Gasteiger charge is 2.29. The first-order valence-corrected chi connectivity index (χ1v) is 5.86. The van der Waals surface area contributed by atoms with E-state index in [0.717, 1.165) is 43.9 Å². The SMILES string of the molecule is O=C(c1cccc2c1OCCC2)C1CNC1. The fourth-order valence-corrected chi connectivity index (χ4v) is 2.28. The van der Waals surface area contributed by atoms with Crippen LogP contribution in [0.3, 0.4) is 0 Å². The van der Waals surface area contributed by atoms with Crippen molar-refractivity contribution < 1.29 is 9.53 Å². The van der Waals surface area contributed by atoms with E-state index < -0.39 is 0 Å². The molecule has 16 heavy (non-hydrogen) atoms. The van der Waals surface area contributed by atoms with Crippen molar-refractivity contribution in [1.82, 2.24) is 5.32 Å². The van der Waals surface area contributed by atoms with E-state index in [4.69, 9.17) is 4.74 Å². The highest BCUT2D eigenvalue weighted by molar-refractivity contribution is 6.01. The second kappa shape index (κ2) is 3.91. The number of ether oxygens (including phenoxy) is 1. The Labute approximate surface area is 94.8 Å². The van der Waals surface area contributed by atoms with Gasteiger partial charge in [-0.25, -0.2) is 0 Å². The molecule has 0 spiro atoms. The molecule has 2 heterocycles. The molecule has 0 radical (unpaired) electrons. The number of carbonyl (C=O) groups is 1. The van der Waals surface area contributed by atoms with Crippen LogP contribution in [0.4, 0.5) is 0 Å². The quantitative estimate of drug-likeness (QED) is 0.761. The Morgan fingerprint density at radius 3 is 3.00 bits per heavy atom. The van der Waals surface area contributed by atoms with Crippen LogP contribution in [-0.4, -0.2) is 25.5 Å². The number of para-hydroxylation sites is 1. The summed E-state index contributed by atoms with van der Waals surface area (Å²) >= 11 is 0. The fraction of sp³-hybridized carbons (Fsp3) is 0.462. The Morgan fingerprint density at radius 2 is 2.25 bits per heavy atom. The van der Waals surface area contributed by atoms with Gasteiger partial charge in [0.15, 0.2) is 5.78 Å². The van der Waals surface area contributed by atoms with E-state index in [1.165, 1.54) is 5.56 Å². The lowest BCUT2D eigenvalue weighted by Crippen LogP contribution is -2.46. The summed E-state index contributed by atoms with van der Waals surface area (Å²) in [5.74, 6) is 1.22. The molecular formula is C13H15NO2. The van der Waals surface area contributed by atoms with Crippen molar-refractivity contribution in [2.75, 3.05) is 19.7 Å². The van der Waals surface area contributed by atoms with E-state index in [1.807, 2.05) is 12.1 Å². The third-order valence-electron chi connectivity index (χ3n) is 3.35. The first kappa shape index (κ1) is 9.85. The van der Waals surface area contributed by atoms with E-state index in [0.29, 0.717) is 0 Å². The van der Waals surface area contributed by atoms with Crippen LogP contribution in [0.1, 0.15) is 22.3 Å². The van der Waals surface area contributed by atoms with Gasteiger partial charge in [0.05, 0.1) is 12.2 Å². The largest absolute Gasteiger partial charge is 0.493 e. The molecule has 3 nitrogen and oxygen atoms in total. The molecule has 0 aromatic heterocycles. The van der Waals surface area contributed by atoms with E-state index >= 15 is 0 Å². The molecule has 1 fully saturated rings. The number of carbonyl (C=O) groups excluding carboxylic acids is 1. The third-order valence-corrected chi connectivity index (χ3v) is 3.35. The van der Waals surface area contributed by atoms with Crippen LogP contribution in [0, 0.1) is 5.92 Å². The van der Waals surface area contributed by atoms with Crippen molar-refractivity contribution in [2.24, 2.45) is 5.92 Å². The van der Waals surface area contributed by atoms with Crippen molar-refractivity contribution in [3.8, 4) is 5.75 Å². The summed E-state index contributed by atoms with van der Waals surface area (Å²) in [7, 11) is 0. The zero-order valence-corrected chi connectivity index (χ0v) is 9.16. The second-order valence-corrected chi connectivity index (χ2v) is 4.47. The predicted molar refractivity (Wildman–Crippen MR) is 60.9 cm³/mol. The van der Waals surface area contributed by atoms with E-state index in [9.17, 15) is 4.79 Å². The lowest BCUT2D eigenvalue weighted by molar-refractivity contribution is 0.0873. The predicted octanol–water partition coefficient (Wildman–Crippen LogP) is 1.41. The van der Waals surface area contributed by atoms with Gasteiger partial charge in [-0.1, -0.05) is 12.1 Å². The van der Waals surface area contributed by atoms with E-state index in [2.05, 4.69) is 11.4 Å². The summed E-state index contributed by atoms with van der Waals surface area (Å²) in [5.41, 5.74) is 1.97. The summed E-state index contributed by atoms with van der Waals surface area (Å²) < 4.78 is 5.65. The molecule has 3 rings (SSSR count). The van der Waals surface area contributed by atoms with Crippen LogP contribution in [0.5, 0.6) is 5.75 Å². The maximum absolute atomic E-state index is 12.2. The molecule has 0 unspecified atom stereocenters. The molecule has 2 aliphatic heterocycles. The molecule has 2 aliphatic rings. The Kier molecular flexibility index (Phi) is 2.40. The molecule has 0 bridgehead atoms. The van der Waals surface area contributed by atoms with Gasteiger partial charge < -0.3 is 10.1 Å². The summed E-state index contributed by atoms with van der Waals surface area (Å²) in [5, 5.41) is 3.13. The third kappa shape index (κ3) is 1.52. The van der Waals surface area contributed by atoms with Gasteiger partial charge in [-0.3, -0.25) is 4.79 Å². The van der Waals surface area contributed by atoms with Crippen LogP contribution in [0.25, 0.3) is 0 Å². The topological polar surface area (TPSA) is 38.3 Å². The monoisotopic (exact) mass is 217 g/mol. The van der Waals surface area contributed by atoms with Gasteiger partial charge in [0.25, 0.3) is 0 Å². The van der Waals surface area contributed by atoms with Crippen LogP contribution in [0.15, 0.2) is 18.2 Å². The van der Waals surface area contributed by atoms with Crippen molar-refractivity contribution in [3.05, 3.63) is 29.3 Å². The first-order valence-electron chi connectivity index (χ1n) is 5.86. The van der Waals surface area contributed by atoms with Gasteiger partial charge >= 0.3 is 0 Å². The maximum atomic E-state index is 12.2. The number of hydrogen-bond acceptors (Lipinski definition) is 3. The average molecular weight is 217 g/mol. The lowest BCUT2D eigenvalue weighted by Gasteiger charge is -2.27. The van der Waals surface area contributed by atoms with E-state index in [-0.39, 0.29) is 11.7 Å². The minimum Gasteiger partial charge on any atom is -0.493 e. The molecular weight excluding hydrogens is 202 g/mol. The molecule has 1 N–H and O–H groups in total. The zero-order valence-electron chi connectivity index (χ0n) is 9.16. The van der Waals surface area contributed by atoms with Crippen LogP contribution >= 0.6 is 0 Å². The number of fused-ring (bicyclic) bond motifs is 1. The minimum absolute atomic E-state index is 0.150. The van der Waals surface area contributed by atoms with Crippen LogP contribution < -0.4 is 10.1 Å². The smallest absolute Gasteiger partial charge is 0.172 e. The molecule has 1 aromatic carbocycles. The van der Waals surface area contributed by atoms with Crippen molar-refractivity contribution in [1.29, 1.82) is 0 Å². The number of ketones is 1. The van der Waals surface area contributed by atoms with Gasteiger partial charge in [0.1, 0.15) is 5.75 Å². The number of nitrogens with one attached hydrogen (secondary N) is 1. The number of hydrogen-bond donors (Lipinski definition) is 1.